The van der Waals surface area contributed by atoms with E-state index in [-0.39, 0.29) is 11.6 Å². The molecular formula is C23H21NO5. The Kier molecular flexibility index (Phi) is 5.16. The molecule has 1 aromatic heterocycles. The van der Waals surface area contributed by atoms with Crippen LogP contribution in [-0.2, 0) is 16.0 Å². The van der Waals surface area contributed by atoms with Crippen LogP contribution in [0.2, 0.25) is 0 Å². The van der Waals surface area contributed by atoms with Crippen molar-refractivity contribution in [3.05, 3.63) is 81.7 Å². The van der Waals surface area contributed by atoms with Crippen molar-refractivity contribution in [1.82, 2.24) is 5.32 Å². The summed E-state index contributed by atoms with van der Waals surface area (Å²) in [6, 6.07) is 16.2. The summed E-state index contributed by atoms with van der Waals surface area (Å²) in [7, 11) is 0. The van der Waals surface area contributed by atoms with Crippen LogP contribution in [0.1, 0.15) is 47.3 Å². The summed E-state index contributed by atoms with van der Waals surface area (Å²) in [4.78, 5) is 37.2. The van der Waals surface area contributed by atoms with Crippen LogP contribution in [0.3, 0.4) is 0 Å². The van der Waals surface area contributed by atoms with Crippen LogP contribution in [0.5, 0.6) is 0 Å². The molecule has 2 aromatic carbocycles. The predicted octanol–water partition coefficient (Wildman–Crippen LogP) is 3.53. The molecule has 1 amide bonds. The second-order valence-electron chi connectivity index (χ2n) is 7.19. The second-order valence-corrected chi connectivity index (χ2v) is 7.19. The number of para-hydroxylation sites is 1. The molecule has 3 aromatic rings. The molecule has 29 heavy (non-hydrogen) atoms. The van der Waals surface area contributed by atoms with Gasteiger partial charge in [0.25, 0.3) is 5.91 Å². The van der Waals surface area contributed by atoms with Crippen LogP contribution in [0.4, 0.5) is 0 Å². The quantitative estimate of drug-likeness (QED) is 0.543. The van der Waals surface area contributed by atoms with Crippen LogP contribution >= 0.6 is 0 Å². The first-order chi connectivity index (χ1) is 14.0. The zero-order valence-corrected chi connectivity index (χ0v) is 16.0. The maximum Gasteiger partial charge on any atom is 0.351 e. The van der Waals surface area contributed by atoms with Crippen molar-refractivity contribution in [1.29, 1.82) is 0 Å². The molecule has 0 unspecified atom stereocenters. The lowest BCUT2D eigenvalue weighted by Crippen LogP contribution is -2.39. The van der Waals surface area contributed by atoms with Crippen LogP contribution in [0.15, 0.2) is 63.8 Å². The van der Waals surface area contributed by atoms with Gasteiger partial charge in [-0.3, -0.25) is 4.79 Å². The molecule has 1 aliphatic rings. The van der Waals surface area contributed by atoms with Crippen LogP contribution < -0.4 is 10.9 Å². The number of rotatable bonds is 4. The molecule has 0 spiro atoms. The van der Waals surface area contributed by atoms with E-state index in [4.69, 9.17) is 9.15 Å². The van der Waals surface area contributed by atoms with Crippen LogP contribution in [0, 0.1) is 0 Å². The van der Waals surface area contributed by atoms with Gasteiger partial charge in [0, 0.05) is 5.39 Å². The molecule has 0 fully saturated rings. The van der Waals surface area contributed by atoms with Gasteiger partial charge in [-0.05, 0) is 49.4 Å². The van der Waals surface area contributed by atoms with Crippen molar-refractivity contribution in [2.75, 3.05) is 0 Å². The third-order valence-electron chi connectivity index (χ3n) is 5.20. The first kappa shape index (κ1) is 18.9. The highest BCUT2D eigenvalue weighted by Crippen LogP contribution is 2.29. The molecule has 148 valence electrons. The monoisotopic (exact) mass is 391 g/mol. The highest BCUT2D eigenvalue weighted by Gasteiger charge is 2.26. The third-order valence-corrected chi connectivity index (χ3v) is 5.20. The fourth-order valence-corrected chi connectivity index (χ4v) is 3.67. The van der Waals surface area contributed by atoms with Gasteiger partial charge < -0.3 is 14.5 Å². The van der Waals surface area contributed by atoms with E-state index in [1.165, 1.54) is 18.6 Å². The molecular weight excluding hydrogens is 370 g/mol. The van der Waals surface area contributed by atoms with Gasteiger partial charge in [-0.25, -0.2) is 9.59 Å². The molecule has 6 heteroatoms. The number of fused-ring (bicyclic) bond motifs is 2. The molecule has 1 heterocycles. The Labute approximate surface area is 167 Å². The van der Waals surface area contributed by atoms with Crippen molar-refractivity contribution in [3.63, 3.8) is 0 Å². The zero-order chi connectivity index (χ0) is 20.4. The topological polar surface area (TPSA) is 85.6 Å². The number of nitrogens with one attached hydrogen (secondary N) is 1. The first-order valence-electron chi connectivity index (χ1n) is 9.65. The number of hydrogen-bond donors (Lipinski definition) is 1. The number of amides is 1. The van der Waals surface area contributed by atoms with E-state index >= 15 is 0 Å². The van der Waals surface area contributed by atoms with Gasteiger partial charge in [-0.2, -0.15) is 0 Å². The van der Waals surface area contributed by atoms with Crippen molar-refractivity contribution in [3.8, 4) is 0 Å². The third kappa shape index (κ3) is 3.92. The number of aryl methyl sites for hydroxylation is 1. The molecule has 0 aliphatic heterocycles. The number of carbonyl (C=O) groups excluding carboxylic acids is 2. The van der Waals surface area contributed by atoms with Gasteiger partial charge in [-0.15, -0.1) is 0 Å². The normalized spacial score (nSPS) is 16.7. The van der Waals surface area contributed by atoms with Gasteiger partial charge in [0.05, 0.1) is 6.04 Å². The number of benzene rings is 2. The average molecular weight is 391 g/mol. The van der Waals surface area contributed by atoms with Crippen molar-refractivity contribution >= 4 is 22.8 Å². The van der Waals surface area contributed by atoms with Crippen LogP contribution in [-0.4, -0.2) is 18.0 Å². The van der Waals surface area contributed by atoms with Gasteiger partial charge >= 0.3 is 11.6 Å². The molecule has 1 aliphatic carbocycles. The van der Waals surface area contributed by atoms with Crippen molar-refractivity contribution in [2.24, 2.45) is 0 Å². The van der Waals surface area contributed by atoms with E-state index in [0.717, 1.165) is 24.8 Å². The highest BCUT2D eigenvalue weighted by molar-refractivity contribution is 5.94. The molecule has 4 rings (SSSR count). The smallest absolute Gasteiger partial charge is 0.351 e. The van der Waals surface area contributed by atoms with E-state index < -0.39 is 23.6 Å². The molecule has 6 nitrogen and oxygen atoms in total. The summed E-state index contributed by atoms with van der Waals surface area (Å²) in [6.45, 7) is 1.49. The lowest BCUT2D eigenvalue weighted by Gasteiger charge is -2.27. The molecule has 0 bridgehead atoms. The van der Waals surface area contributed by atoms with Gasteiger partial charge in [0.1, 0.15) is 11.1 Å². The number of hydrogen-bond acceptors (Lipinski definition) is 5. The highest BCUT2D eigenvalue weighted by atomic mass is 16.5. The van der Waals surface area contributed by atoms with Crippen molar-refractivity contribution < 1.29 is 18.7 Å². The fourth-order valence-electron chi connectivity index (χ4n) is 3.67. The molecule has 0 saturated heterocycles. The summed E-state index contributed by atoms with van der Waals surface area (Å²) in [5.74, 6) is -1.28. The molecule has 0 radical (unpaired) electrons. The molecule has 1 N–H and O–H groups in total. The van der Waals surface area contributed by atoms with Gasteiger partial charge in [0.2, 0.25) is 0 Å². The standard InChI is InChI=1S/C23H21NO5/c1-14(21(25)24-19-11-6-9-15-7-2-4-10-17(15)19)28-22(26)18-13-16-8-3-5-12-20(16)29-23(18)27/h2-5,7-8,10,12-14,19H,6,9,11H2,1H3,(H,24,25)/t14-,19-/m0/s1. The Hall–Kier alpha value is -3.41. The first-order valence-corrected chi connectivity index (χ1v) is 9.65. The van der Waals surface area contributed by atoms with Gasteiger partial charge in [-0.1, -0.05) is 42.5 Å². The Morgan fingerprint density at radius 1 is 1.14 bits per heavy atom. The Bertz CT molecular complexity index is 1130. The minimum Gasteiger partial charge on any atom is -0.449 e. The van der Waals surface area contributed by atoms with E-state index in [1.54, 1.807) is 24.3 Å². The number of carbonyl (C=O) groups is 2. The van der Waals surface area contributed by atoms with E-state index in [1.807, 2.05) is 18.2 Å². The van der Waals surface area contributed by atoms with Gasteiger partial charge in [0.15, 0.2) is 6.10 Å². The number of ether oxygens (including phenoxy) is 1. The minimum atomic E-state index is -1.04. The minimum absolute atomic E-state index is 0.112. The Morgan fingerprint density at radius 3 is 2.76 bits per heavy atom. The summed E-state index contributed by atoms with van der Waals surface area (Å²) in [5.41, 5.74) is 1.69. The lowest BCUT2D eigenvalue weighted by atomic mass is 9.87. The summed E-state index contributed by atoms with van der Waals surface area (Å²) in [6.07, 6.45) is 1.76. The summed E-state index contributed by atoms with van der Waals surface area (Å²) < 4.78 is 10.4. The van der Waals surface area contributed by atoms with E-state index in [0.29, 0.717) is 11.0 Å². The Morgan fingerprint density at radius 2 is 1.90 bits per heavy atom. The van der Waals surface area contributed by atoms with Crippen molar-refractivity contribution in [2.45, 2.75) is 38.3 Å². The second kappa shape index (κ2) is 7.91. The average Bonchev–Trinajstić information content (AvgIpc) is 2.73. The largest absolute Gasteiger partial charge is 0.449 e. The maximum atomic E-state index is 12.6. The number of esters is 1. The lowest BCUT2D eigenvalue weighted by molar-refractivity contribution is -0.130. The fraction of sp³-hybridized carbons (Fsp3) is 0.261. The van der Waals surface area contributed by atoms with Crippen LogP contribution in [0.25, 0.3) is 11.0 Å². The van der Waals surface area contributed by atoms with E-state index in [9.17, 15) is 14.4 Å². The summed E-state index contributed by atoms with van der Waals surface area (Å²) in [5, 5.41) is 3.56. The molecule has 0 saturated carbocycles. The zero-order valence-electron chi connectivity index (χ0n) is 16.0. The summed E-state index contributed by atoms with van der Waals surface area (Å²) >= 11 is 0. The SMILES string of the molecule is C[C@H](OC(=O)c1cc2ccccc2oc1=O)C(=O)N[C@H]1CCCc2ccccc21. The van der Waals surface area contributed by atoms with E-state index in [2.05, 4.69) is 11.4 Å². The predicted molar refractivity (Wildman–Crippen MR) is 108 cm³/mol. The Balaban J connectivity index is 1.46. The molecule has 2 atom stereocenters. The maximum absolute atomic E-state index is 12.6.